The van der Waals surface area contributed by atoms with Gasteiger partial charge in [0.05, 0.1) is 12.0 Å². The molecule has 128 valence electrons. The minimum atomic E-state index is -1.25. The van der Waals surface area contributed by atoms with Gasteiger partial charge in [0, 0.05) is 18.3 Å². The molecule has 1 aliphatic heterocycles. The third-order valence-electron chi connectivity index (χ3n) is 5.28. The lowest BCUT2D eigenvalue weighted by molar-refractivity contribution is -0.151. The highest BCUT2D eigenvalue weighted by atomic mass is 16.5. The number of hydrogen-bond donors (Lipinski definition) is 2. The minimum absolute atomic E-state index is 0.102. The van der Waals surface area contributed by atoms with Gasteiger partial charge in [-0.2, -0.15) is 0 Å². The molecule has 2 bridgehead atoms. The molecule has 0 aromatic heterocycles. The fourth-order valence-electron chi connectivity index (χ4n) is 3.73. The van der Waals surface area contributed by atoms with Gasteiger partial charge in [-0.1, -0.05) is 24.6 Å². The molecule has 3 unspecified atom stereocenters. The van der Waals surface area contributed by atoms with E-state index in [-0.39, 0.29) is 18.6 Å². The molecule has 2 N–H and O–H groups in total. The molecule has 5 nitrogen and oxygen atoms in total. The predicted octanol–water partition coefficient (Wildman–Crippen LogP) is 2.49. The van der Waals surface area contributed by atoms with Gasteiger partial charge in [-0.15, -0.1) is 0 Å². The Hall–Kier alpha value is -1.46. The zero-order valence-electron chi connectivity index (χ0n) is 14.5. The van der Waals surface area contributed by atoms with Crippen molar-refractivity contribution in [3.63, 3.8) is 0 Å². The molecule has 2 aliphatic rings. The van der Waals surface area contributed by atoms with E-state index in [1.54, 1.807) is 45.9 Å². The van der Waals surface area contributed by atoms with E-state index >= 15 is 0 Å². The van der Waals surface area contributed by atoms with Gasteiger partial charge in [0.1, 0.15) is 17.0 Å². The predicted molar refractivity (Wildman–Crippen MR) is 86.0 cm³/mol. The topological polar surface area (TPSA) is 83.8 Å². The molecule has 0 amide bonds. The van der Waals surface area contributed by atoms with Crippen LogP contribution in [0.1, 0.15) is 47.5 Å². The highest BCUT2D eigenvalue weighted by Gasteiger charge is 2.67. The van der Waals surface area contributed by atoms with Crippen molar-refractivity contribution in [1.29, 1.82) is 0 Å². The number of ketones is 1. The van der Waals surface area contributed by atoms with Gasteiger partial charge in [0.25, 0.3) is 0 Å². The maximum absolute atomic E-state index is 11.9. The van der Waals surface area contributed by atoms with Crippen molar-refractivity contribution >= 4 is 11.8 Å². The lowest BCUT2D eigenvalue weighted by Gasteiger charge is -2.47. The van der Waals surface area contributed by atoms with E-state index < -0.39 is 28.0 Å². The molecular weight excluding hydrogens is 296 g/mol. The van der Waals surface area contributed by atoms with Crippen LogP contribution in [-0.4, -0.2) is 39.8 Å². The van der Waals surface area contributed by atoms with Crippen LogP contribution in [0.25, 0.3) is 0 Å². The SMILES string of the molecule is CC(C=CC1(O)C2(C)COC1(C)CC(=O)C2)=CC(C)(C)C(=O)O. The van der Waals surface area contributed by atoms with Crippen LogP contribution in [0, 0.1) is 10.8 Å². The summed E-state index contributed by atoms with van der Waals surface area (Å²) in [6.45, 7) is 9.00. The second kappa shape index (κ2) is 5.28. The summed E-state index contributed by atoms with van der Waals surface area (Å²) < 4.78 is 5.79. The maximum atomic E-state index is 11.9. The van der Waals surface area contributed by atoms with Gasteiger partial charge in [0.2, 0.25) is 0 Å². The molecule has 0 spiro atoms. The smallest absolute Gasteiger partial charge is 0.312 e. The van der Waals surface area contributed by atoms with Crippen molar-refractivity contribution in [2.45, 2.75) is 58.7 Å². The Kier molecular flexibility index (Phi) is 4.11. The van der Waals surface area contributed by atoms with E-state index in [4.69, 9.17) is 4.74 Å². The summed E-state index contributed by atoms with van der Waals surface area (Å²) in [5, 5.41) is 20.4. The summed E-state index contributed by atoms with van der Waals surface area (Å²) in [5.74, 6) is -0.806. The Morgan fingerprint density at radius 1 is 1.30 bits per heavy atom. The molecule has 1 saturated heterocycles. The van der Waals surface area contributed by atoms with E-state index in [2.05, 4.69) is 0 Å². The molecule has 0 radical (unpaired) electrons. The number of carbonyl (C=O) groups excluding carboxylic acids is 1. The Bertz CT molecular complexity index is 579. The van der Waals surface area contributed by atoms with Crippen LogP contribution in [-0.2, 0) is 14.3 Å². The van der Waals surface area contributed by atoms with Crippen LogP contribution in [0.4, 0.5) is 0 Å². The first-order valence-electron chi connectivity index (χ1n) is 7.85. The molecule has 2 rings (SSSR count). The van der Waals surface area contributed by atoms with E-state index in [1.165, 1.54) is 0 Å². The molecule has 5 heteroatoms. The lowest BCUT2D eigenvalue weighted by atomic mass is 9.59. The number of allylic oxidation sites excluding steroid dienone is 2. The fourth-order valence-corrected chi connectivity index (χ4v) is 3.73. The van der Waals surface area contributed by atoms with Crippen molar-refractivity contribution in [2.75, 3.05) is 6.61 Å². The number of aliphatic hydroxyl groups is 1. The molecule has 1 heterocycles. The normalized spacial score (nSPS) is 38.3. The number of carbonyl (C=O) groups is 2. The highest BCUT2D eigenvalue weighted by molar-refractivity contribution is 5.83. The first kappa shape index (κ1) is 17.9. The van der Waals surface area contributed by atoms with Gasteiger partial charge < -0.3 is 14.9 Å². The third kappa shape index (κ3) is 2.76. The molecule has 1 saturated carbocycles. The molecule has 3 atom stereocenters. The zero-order valence-corrected chi connectivity index (χ0v) is 14.5. The highest BCUT2D eigenvalue weighted by Crippen LogP contribution is 2.56. The molecule has 23 heavy (non-hydrogen) atoms. The van der Waals surface area contributed by atoms with Crippen molar-refractivity contribution in [2.24, 2.45) is 10.8 Å². The zero-order chi connectivity index (χ0) is 17.7. The number of ether oxygens (including phenoxy) is 1. The Morgan fingerprint density at radius 2 is 1.91 bits per heavy atom. The van der Waals surface area contributed by atoms with Crippen molar-refractivity contribution in [3.05, 3.63) is 23.8 Å². The van der Waals surface area contributed by atoms with Gasteiger partial charge in [-0.3, -0.25) is 9.59 Å². The summed E-state index contributed by atoms with van der Waals surface area (Å²) in [6, 6.07) is 0. The second-order valence-corrected chi connectivity index (χ2v) is 7.99. The molecule has 0 aromatic rings. The van der Waals surface area contributed by atoms with Crippen LogP contribution in [0.2, 0.25) is 0 Å². The lowest BCUT2D eigenvalue weighted by Crippen LogP contribution is -2.60. The van der Waals surface area contributed by atoms with E-state index in [0.29, 0.717) is 6.61 Å². The Morgan fingerprint density at radius 3 is 2.43 bits per heavy atom. The Balaban J connectivity index is 2.33. The van der Waals surface area contributed by atoms with Crippen molar-refractivity contribution in [3.8, 4) is 0 Å². The number of fused-ring (bicyclic) bond motifs is 2. The molecule has 2 fully saturated rings. The van der Waals surface area contributed by atoms with Crippen molar-refractivity contribution in [1.82, 2.24) is 0 Å². The standard InChI is InChI=1S/C18H26O5/c1-12(8-15(2,3)14(20)21)6-7-18(22)16(4)9-13(19)10-17(18,5)23-11-16/h6-8,22H,9-11H2,1-5H3,(H,20,21). The average molecular weight is 322 g/mol. The number of carboxylic acids is 1. The van der Waals surface area contributed by atoms with Crippen molar-refractivity contribution < 1.29 is 24.5 Å². The molecular formula is C18H26O5. The minimum Gasteiger partial charge on any atom is -0.481 e. The first-order valence-corrected chi connectivity index (χ1v) is 7.85. The quantitative estimate of drug-likeness (QED) is 0.777. The van der Waals surface area contributed by atoms with E-state index in [9.17, 15) is 19.8 Å². The molecule has 1 aliphatic carbocycles. The summed E-state index contributed by atoms with van der Waals surface area (Å²) in [5.41, 5.74) is -3.08. The Labute approximate surface area is 137 Å². The number of Topliss-reactive ketones (excluding diaryl/α,β-unsaturated/α-hetero) is 1. The largest absolute Gasteiger partial charge is 0.481 e. The summed E-state index contributed by atoms with van der Waals surface area (Å²) >= 11 is 0. The average Bonchev–Trinajstić information content (AvgIpc) is 2.51. The number of hydrogen-bond acceptors (Lipinski definition) is 4. The number of carboxylic acid groups (broad SMARTS) is 1. The second-order valence-electron chi connectivity index (χ2n) is 7.99. The first-order chi connectivity index (χ1) is 10.4. The van der Waals surface area contributed by atoms with Crippen LogP contribution in [0.5, 0.6) is 0 Å². The van der Waals surface area contributed by atoms with Crippen LogP contribution in [0.3, 0.4) is 0 Å². The number of rotatable bonds is 4. The van der Waals surface area contributed by atoms with Crippen LogP contribution >= 0.6 is 0 Å². The van der Waals surface area contributed by atoms with Gasteiger partial charge in [-0.05, 0) is 33.8 Å². The van der Waals surface area contributed by atoms with Crippen LogP contribution < -0.4 is 0 Å². The summed E-state index contributed by atoms with van der Waals surface area (Å²) in [6.07, 6.45) is 5.53. The van der Waals surface area contributed by atoms with Crippen LogP contribution in [0.15, 0.2) is 23.8 Å². The van der Waals surface area contributed by atoms with Gasteiger partial charge in [0.15, 0.2) is 0 Å². The summed E-state index contributed by atoms with van der Waals surface area (Å²) in [7, 11) is 0. The van der Waals surface area contributed by atoms with E-state index in [1.807, 2.05) is 6.92 Å². The van der Waals surface area contributed by atoms with Gasteiger partial charge in [-0.25, -0.2) is 0 Å². The molecule has 0 aromatic carbocycles. The monoisotopic (exact) mass is 322 g/mol. The summed E-state index contributed by atoms with van der Waals surface area (Å²) in [4.78, 5) is 23.1. The maximum Gasteiger partial charge on any atom is 0.312 e. The van der Waals surface area contributed by atoms with E-state index in [0.717, 1.165) is 5.57 Å². The van der Waals surface area contributed by atoms with Gasteiger partial charge >= 0.3 is 5.97 Å². The third-order valence-corrected chi connectivity index (χ3v) is 5.28. The fraction of sp³-hybridized carbons (Fsp3) is 0.667. The number of aliphatic carboxylic acids is 1.